The zero-order chi connectivity index (χ0) is 12.1. The first-order chi connectivity index (χ1) is 6.87. The van der Waals surface area contributed by atoms with Gasteiger partial charge in [-0.1, -0.05) is 0 Å². The third-order valence-electron chi connectivity index (χ3n) is 1.59. The Morgan fingerprint density at radius 2 is 1.60 bits per heavy atom. The van der Waals surface area contributed by atoms with Crippen LogP contribution in [0.3, 0.4) is 0 Å². The summed E-state index contributed by atoms with van der Waals surface area (Å²) in [6.45, 7) is -2.35. The molecule has 2 N–H and O–H groups in total. The van der Waals surface area contributed by atoms with E-state index in [1.54, 1.807) is 0 Å². The molecule has 15 heavy (non-hydrogen) atoms. The lowest BCUT2D eigenvalue weighted by molar-refractivity contribution is -0.181. The average Bonchev–Trinajstić information content (AvgIpc) is 2.16. The quantitative estimate of drug-likeness (QED) is 0.619. The highest BCUT2D eigenvalue weighted by molar-refractivity contribution is 5.84. The summed E-state index contributed by atoms with van der Waals surface area (Å²) in [4.78, 5) is 11.1. The maximum absolute atomic E-state index is 12.5. The number of amides is 1. The number of rotatable bonds is 6. The molecular formula is C7H11F4NO3. The summed E-state index contributed by atoms with van der Waals surface area (Å²) in [5.74, 6) is -6.88. The van der Waals surface area contributed by atoms with Crippen LogP contribution in [0.25, 0.3) is 0 Å². The van der Waals surface area contributed by atoms with Crippen LogP contribution in [0.15, 0.2) is 0 Å². The Bertz CT molecular complexity index is 206. The van der Waals surface area contributed by atoms with E-state index in [4.69, 9.17) is 10.2 Å². The number of halogens is 4. The molecule has 1 amide bonds. The second kappa shape index (κ2) is 5.86. The van der Waals surface area contributed by atoms with Gasteiger partial charge in [0.2, 0.25) is 0 Å². The largest absolute Gasteiger partial charge is 0.395 e. The summed E-state index contributed by atoms with van der Waals surface area (Å²) in [5.41, 5.74) is 0. The van der Waals surface area contributed by atoms with Gasteiger partial charge in [-0.3, -0.25) is 4.79 Å². The predicted octanol–water partition coefficient (Wildman–Crippen LogP) is -0.300. The first-order valence-corrected chi connectivity index (χ1v) is 4.05. The van der Waals surface area contributed by atoms with Gasteiger partial charge in [-0.25, -0.2) is 8.78 Å². The van der Waals surface area contributed by atoms with Gasteiger partial charge in [0.05, 0.1) is 13.2 Å². The summed E-state index contributed by atoms with van der Waals surface area (Å²) < 4.78 is 48.6. The predicted molar refractivity (Wildman–Crippen MR) is 41.7 cm³/mol. The van der Waals surface area contributed by atoms with Crippen molar-refractivity contribution in [3.05, 3.63) is 0 Å². The molecule has 0 aliphatic rings. The fraction of sp³-hybridized carbons (Fsp3) is 0.857. The monoisotopic (exact) mass is 233 g/mol. The van der Waals surface area contributed by atoms with Crippen LogP contribution in [0.5, 0.6) is 0 Å². The fourth-order valence-electron chi connectivity index (χ4n) is 0.860. The van der Waals surface area contributed by atoms with Crippen molar-refractivity contribution in [2.45, 2.75) is 12.3 Å². The van der Waals surface area contributed by atoms with E-state index in [0.29, 0.717) is 0 Å². The standard InChI is InChI=1S/C7H11F4NO3/c8-5(9)7(10,11)6(15)12(1-3-13)2-4-14/h5,13-14H,1-4H2. The first-order valence-electron chi connectivity index (χ1n) is 4.05. The molecule has 0 unspecified atom stereocenters. The Kier molecular flexibility index (Phi) is 5.51. The maximum atomic E-state index is 12.5. The number of hydrogen-bond donors (Lipinski definition) is 2. The van der Waals surface area contributed by atoms with Gasteiger partial charge >= 0.3 is 12.3 Å². The van der Waals surface area contributed by atoms with E-state index in [-0.39, 0.29) is 4.90 Å². The third-order valence-corrected chi connectivity index (χ3v) is 1.59. The van der Waals surface area contributed by atoms with Crippen molar-refractivity contribution in [3.63, 3.8) is 0 Å². The molecular weight excluding hydrogens is 222 g/mol. The second-order valence-electron chi connectivity index (χ2n) is 2.66. The summed E-state index contributed by atoms with van der Waals surface area (Å²) in [6, 6.07) is 0. The van der Waals surface area contributed by atoms with Gasteiger partial charge < -0.3 is 15.1 Å². The summed E-state index contributed by atoms with van der Waals surface area (Å²) in [5, 5.41) is 16.8. The molecule has 0 atom stereocenters. The van der Waals surface area contributed by atoms with Crippen LogP contribution in [0, 0.1) is 0 Å². The van der Waals surface area contributed by atoms with E-state index in [1.165, 1.54) is 0 Å². The molecule has 0 aromatic heterocycles. The van der Waals surface area contributed by atoms with E-state index in [2.05, 4.69) is 0 Å². The molecule has 0 aliphatic heterocycles. The Morgan fingerprint density at radius 1 is 1.20 bits per heavy atom. The minimum absolute atomic E-state index is 0.284. The molecule has 0 aliphatic carbocycles. The molecule has 0 aromatic rings. The van der Waals surface area contributed by atoms with Crippen molar-refractivity contribution in [2.75, 3.05) is 26.3 Å². The lowest BCUT2D eigenvalue weighted by Gasteiger charge is -2.25. The number of nitrogens with zero attached hydrogens (tertiary/aromatic N) is 1. The number of carbonyl (C=O) groups is 1. The molecule has 0 spiro atoms. The number of carbonyl (C=O) groups excluding carboxylic acids is 1. The lowest BCUT2D eigenvalue weighted by atomic mass is 10.3. The Hall–Kier alpha value is -0.890. The van der Waals surface area contributed by atoms with Gasteiger partial charge in [0, 0.05) is 13.1 Å². The molecule has 0 bridgehead atoms. The van der Waals surface area contributed by atoms with Crippen LogP contribution in [-0.2, 0) is 4.79 Å². The second-order valence-corrected chi connectivity index (χ2v) is 2.66. The first kappa shape index (κ1) is 14.1. The van der Waals surface area contributed by atoms with E-state index in [0.717, 1.165) is 0 Å². The Balaban J connectivity index is 4.61. The van der Waals surface area contributed by atoms with E-state index in [9.17, 15) is 22.4 Å². The summed E-state index contributed by atoms with van der Waals surface area (Å²) in [6.07, 6.45) is -4.11. The highest BCUT2D eigenvalue weighted by atomic mass is 19.3. The molecule has 4 nitrogen and oxygen atoms in total. The number of alkyl halides is 4. The zero-order valence-corrected chi connectivity index (χ0v) is 7.67. The molecule has 0 heterocycles. The SMILES string of the molecule is O=C(N(CCO)CCO)C(F)(F)C(F)F. The van der Waals surface area contributed by atoms with E-state index >= 15 is 0 Å². The molecule has 0 aromatic carbocycles. The Morgan fingerprint density at radius 3 is 1.87 bits per heavy atom. The van der Waals surface area contributed by atoms with Crippen LogP contribution < -0.4 is 0 Å². The molecule has 0 rings (SSSR count). The molecule has 90 valence electrons. The lowest BCUT2D eigenvalue weighted by Crippen LogP contribution is -2.49. The van der Waals surface area contributed by atoms with Crippen molar-refractivity contribution in [2.24, 2.45) is 0 Å². The van der Waals surface area contributed by atoms with Crippen LogP contribution in [-0.4, -0.2) is 59.7 Å². The maximum Gasteiger partial charge on any atom is 0.383 e. The van der Waals surface area contributed by atoms with E-state index in [1.807, 2.05) is 0 Å². The van der Waals surface area contributed by atoms with Gasteiger partial charge in [0.25, 0.3) is 5.91 Å². The van der Waals surface area contributed by atoms with Crippen molar-refractivity contribution in [1.82, 2.24) is 4.90 Å². The number of aliphatic hydroxyl groups excluding tert-OH is 2. The minimum atomic E-state index is -4.79. The molecule has 0 fully saturated rings. The topological polar surface area (TPSA) is 60.8 Å². The van der Waals surface area contributed by atoms with Gasteiger partial charge in [-0.2, -0.15) is 8.78 Å². The van der Waals surface area contributed by atoms with Crippen LogP contribution in [0.2, 0.25) is 0 Å². The van der Waals surface area contributed by atoms with Crippen molar-refractivity contribution < 1.29 is 32.6 Å². The number of aliphatic hydroxyl groups is 2. The van der Waals surface area contributed by atoms with Gasteiger partial charge in [-0.15, -0.1) is 0 Å². The normalized spacial score (nSPS) is 11.9. The molecule has 0 saturated heterocycles. The zero-order valence-electron chi connectivity index (χ0n) is 7.67. The highest BCUT2D eigenvalue weighted by Crippen LogP contribution is 2.25. The number of hydrogen-bond acceptors (Lipinski definition) is 3. The van der Waals surface area contributed by atoms with Crippen LogP contribution in [0.1, 0.15) is 0 Å². The van der Waals surface area contributed by atoms with E-state index < -0.39 is 44.6 Å². The summed E-state index contributed by atoms with van der Waals surface area (Å²) >= 11 is 0. The van der Waals surface area contributed by atoms with Crippen LogP contribution >= 0.6 is 0 Å². The van der Waals surface area contributed by atoms with Crippen molar-refractivity contribution >= 4 is 5.91 Å². The molecule has 0 radical (unpaired) electrons. The highest BCUT2D eigenvalue weighted by Gasteiger charge is 2.50. The van der Waals surface area contributed by atoms with Crippen LogP contribution in [0.4, 0.5) is 17.6 Å². The third kappa shape index (κ3) is 3.63. The minimum Gasteiger partial charge on any atom is -0.395 e. The summed E-state index contributed by atoms with van der Waals surface area (Å²) in [7, 11) is 0. The van der Waals surface area contributed by atoms with Gasteiger partial charge in [0.15, 0.2) is 0 Å². The smallest absolute Gasteiger partial charge is 0.383 e. The van der Waals surface area contributed by atoms with Crippen molar-refractivity contribution in [1.29, 1.82) is 0 Å². The van der Waals surface area contributed by atoms with Gasteiger partial charge in [0.1, 0.15) is 0 Å². The van der Waals surface area contributed by atoms with Crippen molar-refractivity contribution in [3.8, 4) is 0 Å². The average molecular weight is 233 g/mol. The Labute approximate surface area is 83.1 Å². The molecule has 8 heteroatoms. The van der Waals surface area contributed by atoms with Gasteiger partial charge in [-0.05, 0) is 0 Å². The fourth-order valence-corrected chi connectivity index (χ4v) is 0.860. The molecule has 0 saturated carbocycles.